The lowest BCUT2D eigenvalue weighted by Crippen LogP contribution is -2.30. The maximum absolute atomic E-state index is 13.7. The van der Waals surface area contributed by atoms with Gasteiger partial charge in [-0.3, -0.25) is 9.52 Å². The summed E-state index contributed by atoms with van der Waals surface area (Å²) >= 11 is 6.19. The summed E-state index contributed by atoms with van der Waals surface area (Å²) in [5.41, 5.74) is -6.74. The molecule has 1 amide bonds. The van der Waals surface area contributed by atoms with Crippen LogP contribution in [0.4, 0.5) is 33.3 Å². The zero-order valence-corrected chi connectivity index (χ0v) is 16.6. The molecule has 3 aromatic rings. The molecular formula is C15H8ClF5N4O3S2. The van der Waals surface area contributed by atoms with Crippen molar-refractivity contribution < 1.29 is 35.2 Å². The summed E-state index contributed by atoms with van der Waals surface area (Å²) in [6, 6.07) is 3.66. The van der Waals surface area contributed by atoms with Crippen LogP contribution in [0.25, 0.3) is 5.69 Å². The molecule has 30 heavy (non-hydrogen) atoms. The van der Waals surface area contributed by atoms with Crippen LogP contribution >= 0.6 is 22.9 Å². The number of benzene rings is 1. The topological polar surface area (TPSA) is 93.1 Å². The SMILES string of the molecule is O=C(Nc1cc(F)c(F)cc1-n1cccn1)c1sc(Cl)cc1NS(=O)(=O)C(F)(F)F. The van der Waals surface area contributed by atoms with Gasteiger partial charge in [-0.25, -0.2) is 13.5 Å². The number of halogens is 6. The summed E-state index contributed by atoms with van der Waals surface area (Å²) in [5, 5.41) is 6.03. The quantitative estimate of drug-likeness (QED) is 0.523. The van der Waals surface area contributed by atoms with Gasteiger partial charge in [0.2, 0.25) is 0 Å². The van der Waals surface area contributed by atoms with Crippen LogP contribution in [0.5, 0.6) is 0 Å². The smallest absolute Gasteiger partial charge is 0.319 e. The van der Waals surface area contributed by atoms with E-state index < -0.39 is 43.6 Å². The minimum absolute atomic E-state index is 0.0904. The van der Waals surface area contributed by atoms with E-state index >= 15 is 0 Å². The van der Waals surface area contributed by atoms with Crippen molar-refractivity contribution in [2.75, 3.05) is 10.0 Å². The maximum Gasteiger partial charge on any atom is 0.516 e. The number of hydrogen-bond donors (Lipinski definition) is 2. The Bertz CT molecular complexity index is 1210. The number of hydrogen-bond acceptors (Lipinski definition) is 5. The van der Waals surface area contributed by atoms with Crippen LogP contribution in [0.15, 0.2) is 36.7 Å². The molecule has 7 nitrogen and oxygen atoms in total. The monoisotopic (exact) mass is 486 g/mol. The Morgan fingerprint density at radius 3 is 2.40 bits per heavy atom. The Balaban J connectivity index is 1.98. The number of alkyl halides is 3. The van der Waals surface area contributed by atoms with E-state index in [1.165, 1.54) is 23.2 Å². The average Bonchev–Trinajstić information content (AvgIpc) is 3.26. The first kappa shape index (κ1) is 22.0. The minimum atomic E-state index is -5.83. The summed E-state index contributed by atoms with van der Waals surface area (Å²) in [6.45, 7) is 0. The molecule has 3 rings (SSSR count). The molecule has 0 atom stereocenters. The van der Waals surface area contributed by atoms with E-state index in [9.17, 15) is 35.2 Å². The molecule has 2 heterocycles. The molecule has 0 unspecified atom stereocenters. The molecule has 0 fully saturated rings. The Labute approximate surface area is 174 Å². The predicted molar refractivity (Wildman–Crippen MR) is 99.4 cm³/mol. The van der Waals surface area contributed by atoms with Gasteiger partial charge in [0.15, 0.2) is 11.6 Å². The lowest BCUT2D eigenvalue weighted by atomic mass is 10.2. The normalized spacial score (nSPS) is 12.1. The highest BCUT2D eigenvalue weighted by molar-refractivity contribution is 7.93. The van der Waals surface area contributed by atoms with E-state index in [1.807, 2.05) is 0 Å². The Hall–Kier alpha value is -2.71. The van der Waals surface area contributed by atoms with Crippen molar-refractivity contribution in [1.82, 2.24) is 9.78 Å². The zero-order chi connectivity index (χ0) is 22.3. The van der Waals surface area contributed by atoms with Gasteiger partial charge < -0.3 is 5.32 Å². The van der Waals surface area contributed by atoms with Gasteiger partial charge in [-0.05, 0) is 12.1 Å². The molecule has 0 aliphatic carbocycles. The van der Waals surface area contributed by atoms with Gasteiger partial charge in [0.1, 0.15) is 4.88 Å². The van der Waals surface area contributed by atoms with Gasteiger partial charge in [0.25, 0.3) is 5.91 Å². The number of carbonyl (C=O) groups is 1. The summed E-state index contributed by atoms with van der Waals surface area (Å²) in [5.74, 6) is -3.68. The van der Waals surface area contributed by atoms with Gasteiger partial charge >= 0.3 is 15.5 Å². The average molecular weight is 487 g/mol. The molecule has 160 valence electrons. The van der Waals surface area contributed by atoms with E-state index in [0.29, 0.717) is 17.4 Å². The van der Waals surface area contributed by atoms with Crippen molar-refractivity contribution in [1.29, 1.82) is 0 Å². The number of sulfonamides is 1. The molecule has 1 aromatic carbocycles. The number of nitrogens with zero attached hydrogens (tertiary/aromatic N) is 2. The molecule has 15 heteroatoms. The third-order valence-electron chi connectivity index (χ3n) is 3.50. The molecule has 0 bridgehead atoms. The largest absolute Gasteiger partial charge is 0.516 e. The van der Waals surface area contributed by atoms with Gasteiger partial charge in [0, 0.05) is 24.5 Å². The fraction of sp³-hybridized carbons (Fsp3) is 0.0667. The predicted octanol–water partition coefficient (Wildman–Crippen LogP) is 4.38. The van der Waals surface area contributed by atoms with Gasteiger partial charge in [-0.15, -0.1) is 11.3 Å². The summed E-state index contributed by atoms with van der Waals surface area (Å²) in [4.78, 5) is 12.0. The first-order valence-electron chi connectivity index (χ1n) is 7.58. The van der Waals surface area contributed by atoms with E-state index in [1.54, 1.807) is 0 Å². The minimum Gasteiger partial charge on any atom is -0.319 e. The van der Waals surface area contributed by atoms with E-state index in [-0.39, 0.29) is 15.7 Å². The Morgan fingerprint density at radius 2 is 1.80 bits per heavy atom. The van der Waals surface area contributed by atoms with Crippen LogP contribution in [-0.4, -0.2) is 29.6 Å². The second-order valence-electron chi connectivity index (χ2n) is 5.53. The van der Waals surface area contributed by atoms with Crippen LogP contribution < -0.4 is 10.0 Å². The number of nitrogens with one attached hydrogen (secondary N) is 2. The molecular weight excluding hydrogens is 479 g/mol. The second kappa shape index (κ2) is 7.85. The molecule has 2 N–H and O–H groups in total. The van der Waals surface area contributed by atoms with Gasteiger partial charge in [0.05, 0.1) is 21.4 Å². The number of anilines is 2. The highest BCUT2D eigenvalue weighted by Crippen LogP contribution is 2.35. The van der Waals surface area contributed by atoms with Crippen LogP contribution in [0.3, 0.4) is 0 Å². The molecule has 0 saturated carbocycles. The number of amides is 1. The van der Waals surface area contributed by atoms with Crippen LogP contribution in [-0.2, 0) is 10.0 Å². The highest BCUT2D eigenvalue weighted by atomic mass is 35.5. The number of rotatable bonds is 5. The van der Waals surface area contributed by atoms with Crippen molar-refractivity contribution in [3.8, 4) is 5.69 Å². The van der Waals surface area contributed by atoms with Crippen molar-refractivity contribution in [2.24, 2.45) is 0 Å². The number of thiophene rings is 1. The third-order valence-corrected chi connectivity index (χ3v) is 5.86. The van der Waals surface area contributed by atoms with Crippen molar-refractivity contribution in [3.63, 3.8) is 0 Å². The molecule has 2 aromatic heterocycles. The highest BCUT2D eigenvalue weighted by Gasteiger charge is 2.46. The van der Waals surface area contributed by atoms with Gasteiger partial charge in [-0.1, -0.05) is 11.6 Å². The number of carbonyl (C=O) groups excluding carboxylic acids is 1. The van der Waals surface area contributed by atoms with E-state index in [4.69, 9.17) is 11.6 Å². The first-order valence-corrected chi connectivity index (χ1v) is 10.3. The summed E-state index contributed by atoms with van der Waals surface area (Å²) < 4.78 is 90.1. The third kappa shape index (κ3) is 4.39. The maximum atomic E-state index is 13.7. The second-order valence-corrected chi connectivity index (χ2v) is 8.89. The Kier molecular flexibility index (Phi) is 5.75. The van der Waals surface area contributed by atoms with Crippen LogP contribution in [0.1, 0.15) is 9.67 Å². The van der Waals surface area contributed by atoms with E-state index in [2.05, 4.69) is 10.4 Å². The number of aromatic nitrogens is 2. The Morgan fingerprint density at radius 1 is 1.13 bits per heavy atom. The van der Waals surface area contributed by atoms with Crippen molar-refractivity contribution >= 4 is 50.2 Å². The first-order chi connectivity index (χ1) is 13.9. The lowest BCUT2D eigenvalue weighted by Gasteiger charge is -2.13. The molecule has 0 saturated heterocycles. The summed E-state index contributed by atoms with van der Waals surface area (Å²) in [6.07, 6.45) is 2.70. The molecule has 0 radical (unpaired) electrons. The molecule has 0 spiro atoms. The molecule has 0 aliphatic rings. The van der Waals surface area contributed by atoms with Crippen molar-refractivity contribution in [2.45, 2.75) is 5.51 Å². The lowest BCUT2D eigenvalue weighted by molar-refractivity contribution is -0.0429. The molecule has 0 aliphatic heterocycles. The van der Waals surface area contributed by atoms with Crippen LogP contribution in [0, 0.1) is 11.6 Å². The fourth-order valence-electron chi connectivity index (χ4n) is 2.22. The van der Waals surface area contributed by atoms with E-state index in [0.717, 1.165) is 16.8 Å². The summed E-state index contributed by atoms with van der Waals surface area (Å²) in [7, 11) is -5.83. The fourth-order valence-corrected chi connectivity index (χ4v) is 3.93. The standard InChI is InChI=1S/C15H8ClF5N4O3S2/c16-12-6-10(24-30(27,28)15(19,20)21)13(29-12)14(26)23-9-4-7(17)8(18)5-11(9)25-3-1-2-22-25/h1-6,24H,(H,23,26). The van der Waals surface area contributed by atoms with Gasteiger partial charge in [-0.2, -0.15) is 26.7 Å². The zero-order valence-electron chi connectivity index (χ0n) is 14.2. The van der Waals surface area contributed by atoms with Crippen molar-refractivity contribution in [3.05, 3.63) is 57.5 Å². The van der Waals surface area contributed by atoms with Crippen LogP contribution in [0.2, 0.25) is 4.34 Å².